The van der Waals surface area contributed by atoms with Crippen molar-refractivity contribution in [3.63, 3.8) is 0 Å². The second-order valence-electron chi connectivity index (χ2n) is 3.05. The van der Waals surface area contributed by atoms with E-state index in [-0.39, 0.29) is 5.75 Å². The van der Waals surface area contributed by atoms with Gasteiger partial charge in [0.1, 0.15) is 0 Å². The fourth-order valence-electron chi connectivity index (χ4n) is 0.539. The molecule has 0 rings (SSSR count). The van der Waals surface area contributed by atoms with Crippen molar-refractivity contribution in [1.29, 1.82) is 0 Å². The first kappa shape index (κ1) is 10.3. The summed E-state index contributed by atoms with van der Waals surface area (Å²) in [6.45, 7) is 3.46. The zero-order valence-electron chi connectivity index (χ0n) is 6.03. The molecule has 0 aromatic carbocycles. The van der Waals surface area contributed by atoms with E-state index >= 15 is 0 Å². The Balaban J connectivity index is 4.16. The van der Waals surface area contributed by atoms with Gasteiger partial charge in [0.05, 0.1) is 5.75 Å². The highest BCUT2D eigenvalue weighted by Crippen LogP contribution is 2.18. The Bertz CT molecular complexity index is 193. The van der Waals surface area contributed by atoms with E-state index in [4.69, 9.17) is 4.55 Å². The zero-order chi connectivity index (χ0) is 8.41. The van der Waals surface area contributed by atoms with Gasteiger partial charge in [0.2, 0.25) is 0 Å². The number of hydrogen-bond donors (Lipinski definition) is 2. The average molecular weight is 184 g/mol. The average Bonchev–Trinajstić information content (AvgIpc) is 1.60. The molecule has 0 aliphatic carbocycles. The van der Waals surface area contributed by atoms with Gasteiger partial charge >= 0.3 is 0 Å². The minimum absolute atomic E-state index is 0.233. The van der Waals surface area contributed by atoms with Gasteiger partial charge in [0.15, 0.2) is 0 Å². The number of thiol groups is 1. The molecule has 0 unspecified atom stereocenters. The Morgan fingerprint density at radius 2 is 1.90 bits per heavy atom. The van der Waals surface area contributed by atoms with E-state index < -0.39 is 15.5 Å². The SMILES string of the molecule is CC(C)(CS)CS(=O)(=O)O. The van der Waals surface area contributed by atoms with Crippen LogP contribution in [-0.4, -0.2) is 24.5 Å². The first-order valence-electron chi connectivity index (χ1n) is 2.83. The largest absolute Gasteiger partial charge is 0.286 e. The molecule has 0 saturated heterocycles. The summed E-state index contributed by atoms with van der Waals surface area (Å²) in [7, 11) is -3.84. The molecule has 0 fully saturated rings. The predicted molar refractivity (Wildman–Crippen MR) is 44.0 cm³/mol. The third kappa shape index (κ3) is 5.08. The fraction of sp³-hybridized carbons (Fsp3) is 1.00. The maximum atomic E-state index is 10.3. The Morgan fingerprint density at radius 1 is 1.50 bits per heavy atom. The molecule has 62 valence electrons. The fourth-order valence-corrected chi connectivity index (χ4v) is 1.89. The summed E-state index contributed by atoms with van der Waals surface area (Å²) < 4.78 is 29.1. The van der Waals surface area contributed by atoms with Gasteiger partial charge in [-0.15, -0.1) is 0 Å². The van der Waals surface area contributed by atoms with Crippen LogP contribution in [0.15, 0.2) is 0 Å². The summed E-state index contributed by atoms with van der Waals surface area (Å²) in [6.07, 6.45) is 0. The Kier molecular flexibility index (Phi) is 3.19. The van der Waals surface area contributed by atoms with Crippen molar-refractivity contribution in [3.8, 4) is 0 Å². The molecule has 0 aromatic heterocycles. The molecule has 3 nitrogen and oxygen atoms in total. The second kappa shape index (κ2) is 3.11. The lowest BCUT2D eigenvalue weighted by molar-refractivity contribution is 0.428. The maximum absolute atomic E-state index is 10.3. The highest BCUT2D eigenvalue weighted by atomic mass is 32.2. The van der Waals surface area contributed by atoms with Crippen molar-refractivity contribution in [3.05, 3.63) is 0 Å². The summed E-state index contributed by atoms with van der Waals surface area (Å²) in [5, 5.41) is 0. The van der Waals surface area contributed by atoms with Gasteiger partial charge in [-0.25, -0.2) is 0 Å². The van der Waals surface area contributed by atoms with Gasteiger partial charge < -0.3 is 0 Å². The molecule has 0 amide bonds. The van der Waals surface area contributed by atoms with E-state index in [1.165, 1.54) is 0 Å². The van der Waals surface area contributed by atoms with Crippen LogP contribution in [0.3, 0.4) is 0 Å². The Hall–Kier alpha value is 0.260. The normalized spacial score (nSPS) is 13.6. The van der Waals surface area contributed by atoms with Crippen LogP contribution in [0.1, 0.15) is 13.8 Å². The summed E-state index contributed by atoms with van der Waals surface area (Å²) >= 11 is 3.94. The van der Waals surface area contributed by atoms with Crippen LogP contribution in [0.5, 0.6) is 0 Å². The molecule has 0 bridgehead atoms. The van der Waals surface area contributed by atoms with Crippen LogP contribution in [-0.2, 0) is 10.1 Å². The monoisotopic (exact) mass is 184 g/mol. The van der Waals surface area contributed by atoms with Gasteiger partial charge in [-0.2, -0.15) is 21.0 Å². The van der Waals surface area contributed by atoms with Crippen molar-refractivity contribution >= 4 is 22.7 Å². The van der Waals surface area contributed by atoms with E-state index in [9.17, 15) is 8.42 Å². The van der Waals surface area contributed by atoms with Crippen molar-refractivity contribution in [1.82, 2.24) is 0 Å². The van der Waals surface area contributed by atoms with Crippen LogP contribution >= 0.6 is 12.6 Å². The topological polar surface area (TPSA) is 54.4 Å². The molecule has 5 heteroatoms. The third-order valence-electron chi connectivity index (χ3n) is 1.00. The van der Waals surface area contributed by atoms with Gasteiger partial charge in [0.25, 0.3) is 10.1 Å². The third-order valence-corrected chi connectivity index (χ3v) is 3.00. The molecule has 0 aliphatic heterocycles. The first-order valence-corrected chi connectivity index (χ1v) is 5.07. The molecular formula is C5H12O3S2. The van der Waals surface area contributed by atoms with E-state index in [1.54, 1.807) is 13.8 Å². The quantitative estimate of drug-likeness (QED) is 0.504. The molecule has 0 aliphatic rings. The summed E-state index contributed by atoms with van der Waals surface area (Å²) in [6, 6.07) is 0. The second-order valence-corrected chi connectivity index (χ2v) is 4.82. The van der Waals surface area contributed by atoms with Crippen molar-refractivity contribution in [2.75, 3.05) is 11.5 Å². The van der Waals surface area contributed by atoms with Gasteiger partial charge in [-0.3, -0.25) is 4.55 Å². The highest BCUT2D eigenvalue weighted by molar-refractivity contribution is 7.85. The zero-order valence-corrected chi connectivity index (χ0v) is 7.74. The minimum Gasteiger partial charge on any atom is -0.286 e. The molecule has 0 radical (unpaired) electrons. The molecular weight excluding hydrogens is 172 g/mol. The number of hydrogen-bond acceptors (Lipinski definition) is 3. The van der Waals surface area contributed by atoms with Crippen LogP contribution in [0.2, 0.25) is 0 Å². The lowest BCUT2D eigenvalue weighted by atomic mass is 10.0. The molecule has 0 heterocycles. The highest BCUT2D eigenvalue weighted by Gasteiger charge is 2.22. The Morgan fingerprint density at radius 3 is 2.00 bits per heavy atom. The van der Waals surface area contributed by atoms with E-state index in [2.05, 4.69) is 12.6 Å². The van der Waals surface area contributed by atoms with Crippen molar-refractivity contribution < 1.29 is 13.0 Å². The molecule has 0 aromatic rings. The van der Waals surface area contributed by atoms with Gasteiger partial charge in [0, 0.05) is 0 Å². The Labute approximate surface area is 67.0 Å². The lowest BCUT2D eigenvalue weighted by Crippen LogP contribution is -2.25. The molecule has 0 atom stereocenters. The molecule has 10 heavy (non-hydrogen) atoms. The van der Waals surface area contributed by atoms with E-state index in [0.29, 0.717) is 5.75 Å². The van der Waals surface area contributed by atoms with Crippen LogP contribution in [0, 0.1) is 5.41 Å². The summed E-state index contributed by atoms with van der Waals surface area (Å²) in [5.74, 6) is 0.205. The van der Waals surface area contributed by atoms with E-state index in [0.717, 1.165) is 0 Å². The number of rotatable bonds is 3. The first-order chi connectivity index (χ1) is 4.27. The molecule has 0 saturated carbocycles. The van der Waals surface area contributed by atoms with Crippen LogP contribution < -0.4 is 0 Å². The minimum atomic E-state index is -3.84. The molecule has 0 spiro atoms. The summed E-state index contributed by atoms with van der Waals surface area (Å²) in [4.78, 5) is 0. The lowest BCUT2D eigenvalue weighted by Gasteiger charge is -2.18. The van der Waals surface area contributed by atoms with Crippen molar-refractivity contribution in [2.45, 2.75) is 13.8 Å². The van der Waals surface area contributed by atoms with E-state index in [1.807, 2.05) is 0 Å². The maximum Gasteiger partial charge on any atom is 0.265 e. The van der Waals surface area contributed by atoms with Crippen LogP contribution in [0.4, 0.5) is 0 Å². The standard InChI is InChI=1S/C5H12O3S2/c1-5(2,3-9)4-10(6,7)8/h9H,3-4H2,1-2H3,(H,6,7,8). The smallest absolute Gasteiger partial charge is 0.265 e. The van der Waals surface area contributed by atoms with Gasteiger partial charge in [-0.05, 0) is 11.2 Å². The summed E-state index contributed by atoms with van der Waals surface area (Å²) in [5.41, 5.74) is -0.448. The van der Waals surface area contributed by atoms with Crippen LogP contribution in [0.25, 0.3) is 0 Å². The van der Waals surface area contributed by atoms with Crippen molar-refractivity contribution in [2.24, 2.45) is 5.41 Å². The predicted octanol–water partition coefficient (Wildman–Crippen LogP) is 0.830. The molecule has 1 N–H and O–H groups in total. The van der Waals surface area contributed by atoms with Gasteiger partial charge in [-0.1, -0.05) is 13.8 Å².